The Labute approximate surface area is 796 Å². The van der Waals surface area contributed by atoms with Gasteiger partial charge in [0.25, 0.3) is 0 Å². The van der Waals surface area contributed by atoms with Crippen molar-refractivity contribution in [2.45, 2.75) is 112 Å². The molecule has 0 fully saturated rings. The first-order chi connectivity index (χ1) is 65.7. The Balaban J connectivity index is -0.000000846. The van der Waals surface area contributed by atoms with Crippen molar-refractivity contribution in [1.82, 2.24) is 39.2 Å². The smallest absolute Gasteiger partial charge is 0.373 e. The second-order valence-electron chi connectivity index (χ2n) is 29.0. The van der Waals surface area contributed by atoms with Crippen LogP contribution in [0.3, 0.4) is 0 Å². The van der Waals surface area contributed by atoms with E-state index in [0.717, 1.165) is 26.5 Å². The number of carbonyl (C=O) groups is 16. The molecule has 10 atom stereocenters. The van der Waals surface area contributed by atoms with Crippen molar-refractivity contribution in [2.24, 2.45) is 0 Å². The van der Waals surface area contributed by atoms with Crippen LogP contribution in [0.15, 0.2) is 123 Å². The van der Waals surface area contributed by atoms with E-state index in [-0.39, 0.29) is 116 Å². The number of likely N-dealkylation sites (N-methyl/N-ethyl adjacent to an activating group) is 2. The lowest BCUT2D eigenvalue weighted by atomic mass is 10.00. The molecule has 0 amide bonds. The summed E-state index contributed by atoms with van der Waals surface area (Å²) in [7, 11) is 2.75. The normalized spacial score (nSPS) is 12.6. The molecule has 4 aromatic rings. The van der Waals surface area contributed by atoms with Crippen molar-refractivity contribution in [1.29, 1.82) is 0 Å². The number of aliphatic carboxylic acids is 16. The number of carboxylic acids is 16. The molecule has 0 aliphatic heterocycles. The van der Waals surface area contributed by atoms with Gasteiger partial charge in [0, 0.05) is 78.5 Å². The maximum absolute atomic E-state index is 11.9. The minimum atomic E-state index is -1.57. The fourth-order valence-corrected chi connectivity index (χ4v) is 12.9. The van der Waals surface area contributed by atoms with Crippen molar-refractivity contribution >= 4 is 144 Å². The summed E-state index contributed by atoms with van der Waals surface area (Å²) in [5.74, 6) is -21.5. The second-order valence-corrected chi connectivity index (χ2v) is 29.0. The summed E-state index contributed by atoms with van der Waals surface area (Å²) in [6, 6.07) is 16.6. The molecule has 0 saturated heterocycles. The predicted molar refractivity (Wildman–Crippen MR) is 472 cm³/mol. The maximum Gasteiger partial charge on any atom is 0.373 e. The third-order valence-corrected chi connectivity index (χ3v) is 19.6. The van der Waals surface area contributed by atoms with Gasteiger partial charge in [-0.05, 0) is 64.7 Å². The fraction of sp³-hybridized carbons (Fsp3) is 0.409. The van der Waals surface area contributed by atoms with E-state index in [1.54, 1.807) is 131 Å². The van der Waals surface area contributed by atoms with Crippen LogP contribution < -0.4 is 0 Å². The minimum Gasteiger partial charge on any atom is -0.481 e. The van der Waals surface area contributed by atoms with E-state index in [0.29, 0.717) is 27.8 Å². The Morgan fingerprint density at radius 2 is 0.550 bits per heavy atom. The van der Waals surface area contributed by atoms with Crippen LogP contribution >= 0.6 is 0 Å². The first-order valence-corrected chi connectivity index (χ1v) is 40.6. The maximum atomic E-state index is 11.9. The molecule has 4 rings (SSSR count). The topological polar surface area (TPSA) is 840 Å². The van der Waals surface area contributed by atoms with Crippen molar-refractivity contribution in [2.75, 3.05) is 119 Å². The van der Waals surface area contributed by atoms with E-state index in [2.05, 4.69) is 26.3 Å². The van der Waals surface area contributed by atoms with Crippen LogP contribution in [0.2, 0.25) is 0 Å². The summed E-state index contributed by atoms with van der Waals surface area (Å²) < 4.78 is 0. The SMILES string of the molecule is C=Cc1ccc(C(CO)N(CCN(C)C(CC(=O)O)C(=O)O)C(CC(=O)O)C(=O)O)cc1.C=Cc1ccc(C(O)CN(CCC(=O)O)CCN(CC(=O)O)C(CC(=O)O)C(=O)O)cc1.C=Cc1cccc(C(CO)N(CCN(C)C(CC(=O)O)C(=O)O)C(CC(=O)O)C(=O)O)c1.C=Cc1cccc(C(O)CN(CCC(=O)O)CCN(CC(=O)O)C(CC(=O)O)C(=O)O)c1.O=C=O.O=C=O.O=C=O.O=C=O. The van der Waals surface area contributed by atoms with E-state index in [9.17, 15) is 138 Å². The molecule has 140 heavy (non-hydrogen) atoms. The molecule has 10 unspecified atom stereocenters. The summed E-state index contributed by atoms with van der Waals surface area (Å²) in [6.07, 6.45) is 0.485. The Kier molecular flexibility index (Phi) is 68.8. The first kappa shape index (κ1) is 131. The van der Waals surface area contributed by atoms with Crippen molar-refractivity contribution < 1.29 is 217 Å². The zero-order valence-corrected chi connectivity index (χ0v) is 75.4. The Morgan fingerprint density at radius 3 is 0.814 bits per heavy atom. The summed E-state index contributed by atoms with van der Waals surface area (Å²) in [5.41, 5.74) is 5.31. The summed E-state index contributed by atoms with van der Waals surface area (Å²) in [6.45, 7) is 11.5. The van der Waals surface area contributed by atoms with E-state index in [1.165, 1.54) is 33.7 Å². The zero-order valence-electron chi connectivity index (χ0n) is 75.4. The molecule has 0 spiro atoms. The number of benzene rings is 4. The van der Waals surface area contributed by atoms with Crippen LogP contribution in [-0.4, -0.2) is 417 Å². The van der Waals surface area contributed by atoms with Gasteiger partial charge in [0.2, 0.25) is 0 Å². The van der Waals surface area contributed by atoms with E-state index >= 15 is 0 Å². The molecule has 0 aromatic heterocycles. The highest BCUT2D eigenvalue weighted by Gasteiger charge is 2.39. The van der Waals surface area contributed by atoms with Gasteiger partial charge >= 0.3 is 120 Å². The third kappa shape index (κ3) is 56.7. The Morgan fingerprint density at radius 1 is 0.293 bits per heavy atom. The molecule has 52 nitrogen and oxygen atoms in total. The van der Waals surface area contributed by atoms with Crippen molar-refractivity contribution in [3.05, 3.63) is 168 Å². The molecular weight excluding hydrogens is 1870 g/mol. The van der Waals surface area contributed by atoms with Gasteiger partial charge in [0.1, 0.15) is 36.3 Å². The largest absolute Gasteiger partial charge is 0.481 e. The van der Waals surface area contributed by atoms with E-state index < -0.39 is 221 Å². The van der Waals surface area contributed by atoms with Gasteiger partial charge in [-0.1, -0.05) is 142 Å². The summed E-state index contributed by atoms with van der Waals surface area (Å²) in [4.78, 5) is 256. The molecule has 0 radical (unpaired) electrons. The average molecular weight is 1990 g/mol. The predicted octanol–water partition coefficient (Wildman–Crippen LogP) is -0.520. The van der Waals surface area contributed by atoms with Gasteiger partial charge in [0.15, 0.2) is 0 Å². The number of aliphatic hydroxyl groups excluding tert-OH is 4. The Hall–Kier alpha value is -15.6. The first-order valence-electron chi connectivity index (χ1n) is 40.6. The molecule has 0 saturated carbocycles. The Bertz CT molecular complexity index is 4790. The number of hydrogen-bond acceptors (Lipinski definition) is 36. The van der Waals surface area contributed by atoms with Crippen molar-refractivity contribution in [3.63, 3.8) is 0 Å². The summed E-state index contributed by atoms with van der Waals surface area (Å²) in [5, 5.41) is 188. The standard InChI is InChI=1S/4C21H28N2O9.4CO2/c1-3-13-4-6-14(7-5-13)17(12-24)23(16(21(31)32)11-19(27)28)9-8-22(2)15(20(29)30)10-18(25)26;1-3-13-5-4-6-14(9-13)17(12-24)23(16(21(31)32)11-19(27)28)8-7-22(2)15(20(29)30)10-18(25)26;1-2-14-3-5-15(6-4-14)17(24)12-22(8-7-18(25)26)9-10-23(13-20(29)30)16(21(31)32)11-19(27)28;1-2-14-4-3-5-15(10-14)17(24)12-22(7-6-18(25)26)8-9-23(13-20(29)30)16(21(31)32)11-19(27)28;4*2-1-3/h3-7,15-17,24H,1,8-12H2,2H3,(H,25,26)(H,27,28)(H,29,30)(H,31,32);3-6,9,15-17,24H,1,7-8,10-12H2,2H3,(H,25,26)(H,27,28)(H,29,30)(H,31,32);2-6,16-17,24H,1,7-13H2,(H,25,26)(H,27,28)(H,29,30)(H,31,32);2-5,10,16-17,24H,1,6-9,11-13H2,(H,25,26)(H,27,28)(H,29,30)(H,31,32);;;;. The second kappa shape index (κ2) is 73.7. The van der Waals surface area contributed by atoms with E-state index in [4.69, 9.17) is 79.2 Å². The molecule has 4 aromatic carbocycles. The highest BCUT2D eigenvalue weighted by Crippen LogP contribution is 2.29. The number of nitrogens with zero attached hydrogens (tertiary/aromatic N) is 8. The lowest BCUT2D eigenvalue weighted by Crippen LogP contribution is -2.50. The van der Waals surface area contributed by atoms with E-state index in [1.807, 2.05) is 0 Å². The average Bonchev–Trinajstić information content (AvgIpc) is 0.835. The van der Waals surface area contributed by atoms with Crippen molar-refractivity contribution in [3.8, 4) is 0 Å². The van der Waals surface area contributed by atoms with Gasteiger partial charge in [-0.15, -0.1) is 0 Å². The van der Waals surface area contributed by atoms with Crippen LogP contribution in [-0.2, 0) is 115 Å². The molecule has 52 heteroatoms. The van der Waals surface area contributed by atoms with Crippen LogP contribution in [0.4, 0.5) is 0 Å². The van der Waals surface area contributed by atoms with Crippen LogP contribution in [0.1, 0.15) is 120 Å². The quantitative estimate of drug-likeness (QED) is 0.0264. The molecule has 0 heterocycles. The lowest BCUT2D eigenvalue weighted by Gasteiger charge is -2.36. The lowest BCUT2D eigenvalue weighted by molar-refractivity contribution is -0.193. The van der Waals surface area contributed by atoms with Gasteiger partial charge in [-0.2, -0.15) is 38.4 Å². The summed E-state index contributed by atoms with van der Waals surface area (Å²) >= 11 is 0. The zero-order chi connectivity index (χ0) is 108. The van der Waals surface area contributed by atoms with Crippen LogP contribution in [0, 0.1) is 0 Å². The number of rotatable bonds is 62. The number of aliphatic hydroxyl groups is 4. The molecule has 0 aliphatic carbocycles. The van der Waals surface area contributed by atoms with Gasteiger partial charge in [-0.3, -0.25) is 116 Å². The highest BCUT2D eigenvalue weighted by atomic mass is 16.4. The molecule has 768 valence electrons. The van der Waals surface area contributed by atoms with Gasteiger partial charge < -0.3 is 102 Å². The molecule has 0 bridgehead atoms. The number of carbonyl (C=O) groups excluding carboxylic acids is 8. The number of carboxylic acid groups (broad SMARTS) is 16. The molecular formula is C88H112N8O44. The van der Waals surface area contributed by atoms with Gasteiger partial charge in [0.05, 0.1) is 102 Å². The van der Waals surface area contributed by atoms with Crippen LogP contribution in [0.25, 0.3) is 24.3 Å². The van der Waals surface area contributed by atoms with Crippen LogP contribution in [0.5, 0.6) is 0 Å². The third-order valence-electron chi connectivity index (χ3n) is 19.6. The molecule has 20 N–H and O–H groups in total. The number of hydrogen-bond donors (Lipinski definition) is 20. The molecule has 0 aliphatic rings. The fourth-order valence-electron chi connectivity index (χ4n) is 12.9. The minimum absolute atomic E-state index is 0.00541. The van der Waals surface area contributed by atoms with Gasteiger partial charge in [-0.25, -0.2) is 0 Å². The highest BCUT2D eigenvalue weighted by molar-refractivity contribution is 5.85. The monoisotopic (exact) mass is 1980 g/mol.